The molecule has 11 heavy (non-hydrogen) atoms. The fourth-order valence-electron chi connectivity index (χ4n) is 1.55. The molecule has 0 bridgehead atoms. The first kappa shape index (κ1) is 6.79. The monoisotopic (exact) mass is 153 g/mol. The molecule has 2 rings (SSSR count). The van der Waals surface area contributed by atoms with Crippen LogP contribution < -0.4 is 0 Å². The summed E-state index contributed by atoms with van der Waals surface area (Å²) in [6.45, 7) is 1.13. The summed E-state index contributed by atoms with van der Waals surface area (Å²) >= 11 is 0. The molecule has 1 aromatic rings. The molecule has 1 atom stereocenters. The molecule has 2 heterocycles. The smallest absolute Gasteiger partial charge is 0.233 e. The van der Waals surface area contributed by atoms with Crippen LogP contribution in [-0.2, 0) is 0 Å². The molecule has 4 heteroatoms. The van der Waals surface area contributed by atoms with Crippen molar-refractivity contribution in [1.29, 1.82) is 0 Å². The number of hydrogen-bond acceptors (Lipinski definition) is 4. The molecule has 1 fully saturated rings. The molecule has 0 saturated carbocycles. The maximum Gasteiger partial charge on any atom is 0.233 e. The van der Waals surface area contributed by atoms with Crippen LogP contribution in [0.15, 0.2) is 10.8 Å². The molecular formula is C7H11N3O. The van der Waals surface area contributed by atoms with Crippen LogP contribution in [0.3, 0.4) is 0 Å². The van der Waals surface area contributed by atoms with Crippen molar-refractivity contribution in [2.24, 2.45) is 0 Å². The fraction of sp³-hybridized carbons (Fsp3) is 0.714. The van der Waals surface area contributed by atoms with Crippen LogP contribution in [0.5, 0.6) is 0 Å². The molecule has 1 aromatic heterocycles. The predicted molar refractivity (Wildman–Crippen MR) is 38.9 cm³/mol. The molecule has 1 aliphatic rings. The van der Waals surface area contributed by atoms with Gasteiger partial charge in [-0.25, -0.2) is 0 Å². The van der Waals surface area contributed by atoms with E-state index in [4.69, 9.17) is 4.42 Å². The first-order valence-corrected chi connectivity index (χ1v) is 3.84. The van der Waals surface area contributed by atoms with Crippen molar-refractivity contribution < 1.29 is 4.42 Å². The van der Waals surface area contributed by atoms with Crippen LogP contribution in [-0.4, -0.2) is 28.7 Å². The van der Waals surface area contributed by atoms with E-state index in [0.717, 1.165) is 18.9 Å². The van der Waals surface area contributed by atoms with E-state index in [9.17, 15) is 0 Å². The van der Waals surface area contributed by atoms with E-state index in [0.29, 0.717) is 6.04 Å². The number of rotatable bonds is 1. The standard InChI is InChI=1S/C7H11N3O/c1-10-4-2-3-6(10)7-9-8-5-11-7/h5-6H,2-4H2,1H3/t6-/m0/s1. The Morgan fingerprint density at radius 3 is 3.18 bits per heavy atom. The van der Waals surface area contributed by atoms with Crippen LogP contribution in [0.25, 0.3) is 0 Å². The van der Waals surface area contributed by atoms with E-state index in [1.165, 1.54) is 12.8 Å². The van der Waals surface area contributed by atoms with Crippen LogP contribution >= 0.6 is 0 Å². The minimum atomic E-state index is 0.359. The average Bonchev–Trinajstić information content (AvgIpc) is 2.55. The average molecular weight is 153 g/mol. The van der Waals surface area contributed by atoms with Gasteiger partial charge in [0, 0.05) is 0 Å². The van der Waals surface area contributed by atoms with Crippen molar-refractivity contribution in [2.45, 2.75) is 18.9 Å². The molecule has 1 saturated heterocycles. The van der Waals surface area contributed by atoms with Gasteiger partial charge in [0.15, 0.2) is 0 Å². The van der Waals surface area contributed by atoms with E-state index in [2.05, 4.69) is 22.1 Å². The third-order valence-electron chi connectivity index (χ3n) is 2.18. The van der Waals surface area contributed by atoms with Gasteiger partial charge < -0.3 is 4.42 Å². The highest BCUT2D eigenvalue weighted by atomic mass is 16.4. The fourth-order valence-corrected chi connectivity index (χ4v) is 1.55. The summed E-state index contributed by atoms with van der Waals surface area (Å²) in [5.74, 6) is 0.755. The zero-order valence-corrected chi connectivity index (χ0v) is 6.53. The van der Waals surface area contributed by atoms with Crippen LogP contribution in [0.1, 0.15) is 24.8 Å². The first-order chi connectivity index (χ1) is 5.38. The molecular weight excluding hydrogens is 142 g/mol. The Morgan fingerprint density at radius 1 is 1.73 bits per heavy atom. The second-order valence-corrected chi connectivity index (χ2v) is 2.92. The second-order valence-electron chi connectivity index (χ2n) is 2.92. The quantitative estimate of drug-likeness (QED) is 0.599. The van der Waals surface area contributed by atoms with Gasteiger partial charge in [0.25, 0.3) is 0 Å². The first-order valence-electron chi connectivity index (χ1n) is 3.84. The van der Waals surface area contributed by atoms with Crippen LogP contribution in [0.4, 0.5) is 0 Å². The van der Waals surface area contributed by atoms with Crippen LogP contribution in [0, 0.1) is 0 Å². The Kier molecular flexibility index (Phi) is 1.62. The zero-order chi connectivity index (χ0) is 7.68. The molecule has 0 amide bonds. The molecule has 0 aromatic carbocycles. The minimum absolute atomic E-state index is 0.359. The van der Waals surface area contributed by atoms with Gasteiger partial charge in [-0.15, -0.1) is 10.2 Å². The highest BCUT2D eigenvalue weighted by Gasteiger charge is 2.26. The van der Waals surface area contributed by atoms with Gasteiger partial charge in [-0.3, -0.25) is 4.90 Å². The third-order valence-corrected chi connectivity index (χ3v) is 2.18. The SMILES string of the molecule is CN1CCC[C@H]1c1nnco1. The summed E-state index contributed by atoms with van der Waals surface area (Å²) in [6.07, 6.45) is 3.75. The van der Waals surface area contributed by atoms with Crippen molar-refractivity contribution in [1.82, 2.24) is 15.1 Å². The Balaban J connectivity index is 2.16. The molecule has 1 aliphatic heterocycles. The molecule has 0 spiro atoms. The molecule has 60 valence electrons. The number of likely N-dealkylation sites (tertiary alicyclic amines) is 1. The number of nitrogens with zero attached hydrogens (tertiary/aromatic N) is 3. The van der Waals surface area contributed by atoms with E-state index in [1.807, 2.05) is 0 Å². The predicted octanol–water partition coefficient (Wildman–Crippen LogP) is 0.836. The van der Waals surface area contributed by atoms with E-state index in [1.54, 1.807) is 0 Å². The topological polar surface area (TPSA) is 42.2 Å². The minimum Gasteiger partial charge on any atom is -0.426 e. The van der Waals surface area contributed by atoms with Crippen molar-refractivity contribution in [3.63, 3.8) is 0 Å². The largest absolute Gasteiger partial charge is 0.426 e. The molecule has 0 unspecified atom stereocenters. The molecule has 4 nitrogen and oxygen atoms in total. The van der Waals surface area contributed by atoms with Gasteiger partial charge in [-0.1, -0.05) is 0 Å². The summed E-state index contributed by atoms with van der Waals surface area (Å²) in [7, 11) is 2.09. The lowest BCUT2D eigenvalue weighted by molar-refractivity contribution is 0.267. The lowest BCUT2D eigenvalue weighted by Crippen LogP contribution is -2.17. The summed E-state index contributed by atoms with van der Waals surface area (Å²) in [4.78, 5) is 2.24. The Morgan fingerprint density at radius 2 is 2.64 bits per heavy atom. The van der Waals surface area contributed by atoms with E-state index >= 15 is 0 Å². The second kappa shape index (κ2) is 2.62. The maximum atomic E-state index is 5.12. The highest BCUT2D eigenvalue weighted by molar-refractivity contribution is 4.90. The molecule has 0 aliphatic carbocycles. The summed E-state index contributed by atoms with van der Waals surface area (Å²) in [5.41, 5.74) is 0. The van der Waals surface area contributed by atoms with Crippen molar-refractivity contribution >= 4 is 0 Å². The van der Waals surface area contributed by atoms with E-state index < -0.39 is 0 Å². The Bertz CT molecular complexity index is 222. The summed E-state index contributed by atoms with van der Waals surface area (Å²) < 4.78 is 5.12. The van der Waals surface area contributed by atoms with Gasteiger partial charge in [-0.2, -0.15) is 0 Å². The van der Waals surface area contributed by atoms with Crippen molar-refractivity contribution in [2.75, 3.05) is 13.6 Å². The molecule has 0 radical (unpaired) electrons. The normalized spacial score (nSPS) is 26.1. The molecule has 0 N–H and O–H groups in total. The summed E-state index contributed by atoms with van der Waals surface area (Å²) in [6, 6.07) is 0.359. The number of hydrogen-bond donors (Lipinski definition) is 0. The van der Waals surface area contributed by atoms with Gasteiger partial charge >= 0.3 is 0 Å². The maximum absolute atomic E-state index is 5.12. The lowest BCUT2D eigenvalue weighted by atomic mass is 10.2. The van der Waals surface area contributed by atoms with Gasteiger partial charge in [-0.05, 0) is 26.4 Å². The Labute approximate surface area is 65.2 Å². The van der Waals surface area contributed by atoms with Gasteiger partial charge in [0.1, 0.15) is 0 Å². The summed E-state index contributed by atoms with van der Waals surface area (Å²) in [5, 5.41) is 7.55. The number of aromatic nitrogens is 2. The van der Waals surface area contributed by atoms with E-state index in [-0.39, 0.29) is 0 Å². The van der Waals surface area contributed by atoms with Crippen molar-refractivity contribution in [3.8, 4) is 0 Å². The van der Waals surface area contributed by atoms with Gasteiger partial charge in [0.05, 0.1) is 6.04 Å². The Hall–Kier alpha value is -0.900. The van der Waals surface area contributed by atoms with Crippen LogP contribution in [0.2, 0.25) is 0 Å². The lowest BCUT2D eigenvalue weighted by Gasteiger charge is -2.14. The zero-order valence-electron chi connectivity index (χ0n) is 6.53. The highest BCUT2D eigenvalue weighted by Crippen LogP contribution is 2.28. The third kappa shape index (κ3) is 1.14. The van der Waals surface area contributed by atoms with Gasteiger partial charge in [0.2, 0.25) is 12.3 Å². The van der Waals surface area contributed by atoms with Crippen molar-refractivity contribution in [3.05, 3.63) is 12.3 Å².